The summed E-state index contributed by atoms with van der Waals surface area (Å²) in [5.41, 5.74) is 0. The normalized spacial score (nSPS) is 18.1. The monoisotopic (exact) mass is 311 g/mol. The van der Waals surface area contributed by atoms with Gasteiger partial charge in [0, 0.05) is 31.1 Å². The summed E-state index contributed by atoms with van der Waals surface area (Å²) in [4.78, 5) is 15.8. The molecule has 6 heteroatoms. The smallest absolute Gasteiger partial charge is 0.317 e. The fourth-order valence-corrected chi connectivity index (χ4v) is 2.42. The van der Waals surface area contributed by atoms with Crippen LogP contribution in [0, 0.1) is 0 Å². The second-order valence-corrected chi connectivity index (χ2v) is 5.90. The number of nitrogens with one attached hydrogen (secondary N) is 1. The lowest BCUT2D eigenvalue weighted by Crippen LogP contribution is -2.41. The first-order chi connectivity index (χ1) is 10.0. The van der Waals surface area contributed by atoms with Crippen molar-refractivity contribution in [2.24, 2.45) is 0 Å². The maximum atomic E-state index is 12.0. The van der Waals surface area contributed by atoms with Crippen LogP contribution in [0.15, 0.2) is 24.3 Å². The molecule has 0 saturated carbocycles. The van der Waals surface area contributed by atoms with Gasteiger partial charge in [0.1, 0.15) is 11.9 Å². The topological polar surface area (TPSA) is 44.8 Å². The summed E-state index contributed by atoms with van der Waals surface area (Å²) in [6.45, 7) is 2.82. The molecule has 0 bridgehead atoms. The zero-order valence-corrected chi connectivity index (χ0v) is 13.3. The highest BCUT2D eigenvalue weighted by atomic mass is 35.5. The Morgan fingerprint density at radius 2 is 2.33 bits per heavy atom. The Morgan fingerprint density at radius 1 is 1.52 bits per heavy atom. The molecule has 0 aromatic heterocycles. The Balaban J connectivity index is 1.76. The van der Waals surface area contributed by atoms with E-state index in [0.29, 0.717) is 18.1 Å². The number of benzene rings is 1. The minimum Gasteiger partial charge on any atom is -0.488 e. The van der Waals surface area contributed by atoms with Crippen LogP contribution in [-0.2, 0) is 0 Å². The van der Waals surface area contributed by atoms with Gasteiger partial charge in [-0.3, -0.25) is 0 Å². The van der Waals surface area contributed by atoms with Gasteiger partial charge >= 0.3 is 6.03 Å². The molecule has 1 saturated heterocycles. The van der Waals surface area contributed by atoms with Crippen LogP contribution in [0.25, 0.3) is 0 Å². The number of carbonyl (C=O) groups is 1. The van der Waals surface area contributed by atoms with Gasteiger partial charge in [0.15, 0.2) is 0 Å². The largest absolute Gasteiger partial charge is 0.488 e. The summed E-state index contributed by atoms with van der Waals surface area (Å²) in [6, 6.07) is 7.33. The first-order valence-corrected chi connectivity index (χ1v) is 7.52. The highest BCUT2D eigenvalue weighted by molar-refractivity contribution is 6.30. The van der Waals surface area contributed by atoms with E-state index in [-0.39, 0.29) is 12.1 Å². The summed E-state index contributed by atoms with van der Waals surface area (Å²) < 4.78 is 5.86. The third-order valence-corrected chi connectivity index (χ3v) is 3.60. The van der Waals surface area contributed by atoms with Crippen molar-refractivity contribution >= 4 is 17.6 Å². The number of likely N-dealkylation sites (tertiary alicyclic amines) is 1. The van der Waals surface area contributed by atoms with Crippen molar-refractivity contribution in [2.45, 2.75) is 12.5 Å². The van der Waals surface area contributed by atoms with Crippen LogP contribution in [0.4, 0.5) is 4.79 Å². The van der Waals surface area contributed by atoms with Crippen molar-refractivity contribution in [3.8, 4) is 5.75 Å². The Bertz CT molecular complexity index is 482. The lowest BCUT2D eigenvalue weighted by atomic mass is 10.3. The number of ether oxygens (including phenoxy) is 1. The van der Waals surface area contributed by atoms with Crippen LogP contribution in [-0.4, -0.2) is 62.2 Å². The van der Waals surface area contributed by atoms with E-state index in [0.717, 1.165) is 25.3 Å². The van der Waals surface area contributed by atoms with Gasteiger partial charge in [-0.15, -0.1) is 0 Å². The molecular weight excluding hydrogens is 290 g/mol. The summed E-state index contributed by atoms with van der Waals surface area (Å²) >= 11 is 5.93. The van der Waals surface area contributed by atoms with Crippen LogP contribution in [0.3, 0.4) is 0 Å². The maximum Gasteiger partial charge on any atom is 0.317 e. The molecule has 2 amide bonds. The van der Waals surface area contributed by atoms with Crippen LogP contribution in [0.5, 0.6) is 5.75 Å². The van der Waals surface area contributed by atoms with Crippen molar-refractivity contribution in [3.63, 3.8) is 0 Å². The zero-order chi connectivity index (χ0) is 15.2. The van der Waals surface area contributed by atoms with Crippen molar-refractivity contribution in [2.75, 3.05) is 40.3 Å². The SMILES string of the molecule is CN(C)CCNC(=O)N1CCC(Oc2cccc(Cl)c2)C1. The number of rotatable bonds is 5. The Hall–Kier alpha value is -1.46. The van der Waals surface area contributed by atoms with Crippen molar-refractivity contribution in [1.82, 2.24) is 15.1 Å². The molecule has 1 aromatic rings. The van der Waals surface area contributed by atoms with Crippen LogP contribution < -0.4 is 10.1 Å². The standard InChI is InChI=1S/C15H22ClN3O2/c1-18(2)9-7-17-15(20)19-8-6-14(11-19)21-13-5-3-4-12(16)10-13/h3-5,10,14H,6-9,11H2,1-2H3,(H,17,20). The molecule has 1 aromatic carbocycles. The average molecular weight is 312 g/mol. The third-order valence-electron chi connectivity index (χ3n) is 3.37. The lowest BCUT2D eigenvalue weighted by Gasteiger charge is -2.19. The predicted octanol–water partition coefficient (Wildman–Crippen LogP) is 2.06. The van der Waals surface area contributed by atoms with E-state index in [1.807, 2.05) is 37.2 Å². The molecule has 1 heterocycles. The number of likely N-dealkylation sites (N-methyl/N-ethyl adjacent to an activating group) is 1. The molecule has 1 fully saturated rings. The number of halogens is 1. The molecule has 5 nitrogen and oxygen atoms in total. The summed E-state index contributed by atoms with van der Waals surface area (Å²) in [6.07, 6.45) is 0.872. The van der Waals surface area contributed by atoms with Gasteiger partial charge in [0.2, 0.25) is 0 Å². The maximum absolute atomic E-state index is 12.0. The molecule has 21 heavy (non-hydrogen) atoms. The second kappa shape index (κ2) is 7.52. The zero-order valence-electron chi connectivity index (χ0n) is 12.5. The molecule has 0 spiro atoms. The number of hydrogen-bond acceptors (Lipinski definition) is 3. The van der Waals surface area contributed by atoms with Gasteiger partial charge < -0.3 is 19.9 Å². The van der Waals surface area contributed by atoms with E-state index in [4.69, 9.17) is 16.3 Å². The Labute approximate surface area is 130 Å². The first-order valence-electron chi connectivity index (χ1n) is 7.14. The van der Waals surface area contributed by atoms with E-state index in [1.54, 1.807) is 11.0 Å². The summed E-state index contributed by atoms with van der Waals surface area (Å²) in [5, 5.41) is 3.57. The van der Waals surface area contributed by atoms with Crippen molar-refractivity contribution < 1.29 is 9.53 Å². The van der Waals surface area contributed by atoms with Gasteiger partial charge in [-0.05, 0) is 32.3 Å². The van der Waals surface area contributed by atoms with Gasteiger partial charge in [-0.1, -0.05) is 17.7 Å². The average Bonchev–Trinajstić information content (AvgIpc) is 2.87. The number of carbonyl (C=O) groups excluding carboxylic acids is 1. The molecule has 0 aliphatic carbocycles. The van der Waals surface area contributed by atoms with Gasteiger partial charge in [0.25, 0.3) is 0 Å². The number of nitrogens with zero attached hydrogens (tertiary/aromatic N) is 2. The Kier molecular flexibility index (Phi) is 5.70. The van der Waals surface area contributed by atoms with Crippen LogP contribution >= 0.6 is 11.6 Å². The predicted molar refractivity (Wildman–Crippen MR) is 84.0 cm³/mol. The van der Waals surface area contributed by atoms with E-state index in [2.05, 4.69) is 5.32 Å². The van der Waals surface area contributed by atoms with E-state index < -0.39 is 0 Å². The molecular formula is C15H22ClN3O2. The number of amides is 2. The Morgan fingerprint density at radius 3 is 3.05 bits per heavy atom. The molecule has 0 radical (unpaired) electrons. The van der Waals surface area contributed by atoms with Crippen molar-refractivity contribution in [1.29, 1.82) is 0 Å². The summed E-state index contributed by atoms with van der Waals surface area (Å²) in [5.74, 6) is 0.752. The van der Waals surface area contributed by atoms with Crippen LogP contribution in [0.2, 0.25) is 5.02 Å². The molecule has 2 rings (SSSR count). The highest BCUT2D eigenvalue weighted by Gasteiger charge is 2.27. The van der Waals surface area contributed by atoms with Crippen molar-refractivity contribution in [3.05, 3.63) is 29.3 Å². The van der Waals surface area contributed by atoms with Crippen LogP contribution in [0.1, 0.15) is 6.42 Å². The van der Waals surface area contributed by atoms with E-state index >= 15 is 0 Å². The molecule has 1 N–H and O–H groups in total. The minimum atomic E-state index is -0.0194. The molecule has 1 aliphatic heterocycles. The quantitative estimate of drug-likeness (QED) is 0.905. The van der Waals surface area contributed by atoms with Gasteiger partial charge in [-0.25, -0.2) is 4.79 Å². The fourth-order valence-electron chi connectivity index (χ4n) is 2.24. The van der Waals surface area contributed by atoms with E-state index in [1.165, 1.54) is 0 Å². The fraction of sp³-hybridized carbons (Fsp3) is 0.533. The number of hydrogen-bond donors (Lipinski definition) is 1. The lowest BCUT2D eigenvalue weighted by molar-refractivity contribution is 0.186. The second-order valence-electron chi connectivity index (χ2n) is 5.47. The van der Waals surface area contributed by atoms with E-state index in [9.17, 15) is 4.79 Å². The van der Waals surface area contributed by atoms with Gasteiger partial charge in [0.05, 0.1) is 6.54 Å². The van der Waals surface area contributed by atoms with Gasteiger partial charge in [-0.2, -0.15) is 0 Å². The third kappa shape index (κ3) is 5.10. The number of urea groups is 1. The molecule has 1 unspecified atom stereocenters. The first kappa shape index (κ1) is 15.9. The molecule has 1 aliphatic rings. The summed E-state index contributed by atoms with van der Waals surface area (Å²) in [7, 11) is 3.97. The molecule has 1 atom stereocenters. The molecule has 116 valence electrons. The minimum absolute atomic E-state index is 0.0194. The highest BCUT2D eigenvalue weighted by Crippen LogP contribution is 2.21.